The van der Waals surface area contributed by atoms with Gasteiger partial charge in [0.1, 0.15) is 5.75 Å². The van der Waals surface area contributed by atoms with E-state index in [1.807, 2.05) is 6.92 Å². The van der Waals surface area contributed by atoms with Gasteiger partial charge in [0.15, 0.2) is 5.78 Å². The predicted molar refractivity (Wildman–Crippen MR) is 132 cm³/mol. The molecule has 0 heterocycles. The number of ether oxygens (including phenoxy) is 2. The minimum atomic E-state index is -0.204. The number of rotatable bonds is 10. The summed E-state index contributed by atoms with van der Waals surface area (Å²) in [6.07, 6.45) is 3.74. The highest BCUT2D eigenvalue weighted by atomic mass is 35.5. The summed E-state index contributed by atoms with van der Waals surface area (Å²) in [4.78, 5) is 36.5. The van der Waals surface area contributed by atoms with Crippen LogP contribution in [0, 0.1) is 5.92 Å². The van der Waals surface area contributed by atoms with Gasteiger partial charge in [0.25, 0.3) is 5.91 Å². The summed E-state index contributed by atoms with van der Waals surface area (Å²) in [7, 11) is 0. The molecule has 6 nitrogen and oxygen atoms in total. The fourth-order valence-corrected chi connectivity index (χ4v) is 4.28. The molecule has 0 atom stereocenters. The average molecular weight is 506 g/mol. The van der Waals surface area contributed by atoms with Gasteiger partial charge in [-0.1, -0.05) is 23.2 Å². The van der Waals surface area contributed by atoms with E-state index in [4.69, 9.17) is 32.7 Å². The van der Waals surface area contributed by atoms with Crippen molar-refractivity contribution in [1.29, 1.82) is 0 Å². The summed E-state index contributed by atoms with van der Waals surface area (Å²) >= 11 is 12.2. The number of halogens is 2. The van der Waals surface area contributed by atoms with E-state index in [0.717, 1.165) is 25.7 Å². The van der Waals surface area contributed by atoms with Crippen LogP contribution in [0.3, 0.4) is 0 Å². The monoisotopic (exact) mass is 505 g/mol. The van der Waals surface area contributed by atoms with Gasteiger partial charge in [-0.05, 0) is 81.5 Å². The largest absolute Gasteiger partial charge is 0.489 e. The molecule has 0 aliphatic heterocycles. The van der Waals surface area contributed by atoms with Gasteiger partial charge in [-0.15, -0.1) is 0 Å². The maximum atomic E-state index is 12.5. The number of benzene rings is 2. The molecular weight excluding hydrogens is 477 g/mol. The number of hydrogen-bond donors (Lipinski definition) is 1. The number of carbonyl (C=O) groups is 3. The van der Waals surface area contributed by atoms with Crippen LogP contribution in [0.5, 0.6) is 5.75 Å². The third-order valence-corrected chi connectivity index (χ3v) is 6.36. The number of amides is 1. The molecular formula is C26H29Cl2NO5. The fraction of sp³-hybridized carbons (Fsp3) is 0.423. The van der Waals surface area contributed by atoms with E-state index >= 15 is 0 Å². The summed E-state index contributed by atoms with van der Waals surface area (Å²) in [5.41, 5.74) is 1.03. The predicted octanol–water partition coefficient (Wildman–Crippen LogP) is 5.89. The van der Waals surface area contributed by atoms with Gasteiger partial charge in [0.2, 0.25) is 0 Å². The van der Waals surface area contributed by atoms with E-state index in [2.05, 4.69) is 5.32 Å². The fourth-order valence-electron chi connectivity index (χ4n) is 3.92. The summed E-state index contributed by atoms with van der Waals surface area (Å²) in [6.45, 7) is 2.59. The third kappa shape index (κ3) is 7.47. The maximum Gasteiger partial charge on any atom is 0.308 e. The van der Waals surface area contributed by atoms with Crippen molar-refractivity contribution in [2.75, 3.05) is 13.2 Å². The second-order valence-corrected chi connectivity index (χ2v) is 9.12. The number of esters is 1. The summed E-state index contributed by atoms with van der Waals surface area (Å²) < 4.78 is 11.1. The smallest absolute Gasteiger partial charge is 0.308 e. The van der Waals surface area contributed by atoms with Gasteiger partial charge in [0.05, 0.1) is 23.7 Å². The lowest BCUT2D eigenvalue weighted by molar-refractivity contribution is -0.149. The molecule has 2 aromatic rings. The van der Waals surface area contributed by atoms with Crippen molar-refractivity contribution in [3.05, 3.63) is 63.6 Å². The lowest BCUT2D eigenvalue weighted by Crippen LogP contribution is -2.29. The summed E-state index contributed by atoms with van der Waals surface area (Å²) in [6, 6.07) is 11.7. The molecule has 0 aromatic heterocycles. The quantitative estimate of drug-likeness (QED) is 0.247. The molecule has 0 radical (unpaired) electrons. The molecule has 0 unspecified atom stereocenters. The number of hydrogen-bond acceptors (Lipinski definition) is 5. The zero-order valence-electron chi connectivity index (χ0n) is 19.2. The molecule has 2 aromatic carbocycles. The standard InChI is InChI=1S/C26H29Cl2NO5/c1-2-33-26(32)18-7-12-21(13-8-18)34-24-14-9-19(16-22(24)28)23(30)4-3-15-29-25(31)17-5-10-20(27)11-6-17/h5-6,9-11,14,16,18,21H,2-4,7-8,12-13,15H2,1H3,(H,29,31). The minimum absolute atomic E-state index is 0.0195. The van der Waals surface area contributed by atoms with Crippen molar-refractivity contribution in [2.24, 2.45) is 5.92 Å². The number of Topliss-reactive ketones (excluding diaryl/α,β-unsaturated/α-hetero) is 1. The molecule has 34 heavy (non-hydrogen) atoms. The highest BCUT2D eigenvalue weighted by Crippen LogP contribution is 2.32. The van der Waals surface area contributed by atoms with Gasteiger partial charge >= 0.3 is 5.97 Å². The van der Waals surface area contributed by atoms with E-state index < -0.39 is 0 Å². The molecule has 0 bridgehead atoms. The van der Waals surface area contributed by atoms with E-state index in [-0.39, 0.29) is 36.1 Å². The third-order valence-electron chi connectivity index (χ3n) is 5.81. The Balaban J connectivity index is 1.42. The van der Waals surface area contributed by atoms with Gasteiger partial charge in [-0.25, -0.2) is 0 Å². The zero-order valence-corrected chi connectivity index (χ0v) is 20.7. The van der Waals surface area contributed by atoms with Crippen LogP contribution in [0.15, 0.2) is 42.5 Å². The topological polar surface area (TPSA) is 81.7 Å². The second-order valence-electron chi connectivity index (χ2n) is 8.28. The first-order valence-corrected chi connectivity index (χ1v) is 12.3. The minimum Gasteiger partial charge on any atom is -0.489 e. The normalized spacial score (nSPS) is 17.6. The van der Waals surface area contributed by atoms with Crippen molar-refractivity contribution in [1.82, 2.24) is 5.32 Å². The van der Waals surface area contributed by atoms with Crippen molar-refractivity contribution in [3.63, 3.8) is 0 Å². The zero-order chi connectivity index (χ0) is 24.5. The van der Waals surface area contributed by atoms with Crippen molar-refractivity contribution < 1.29 is 23.9 Å². The Bertz CT molecular complexity index is 1000. The van der Waals surface area contributed by atoms with Crippen molar-refractivity contribution >= 4 is 40.9 Å². The Morgan fingerprint density at radius 3 is 2.29 bits per heavy atom. The maximum absolute atomic E-state index is 12.5. The van der Waals surface area contributed by atoms with E-state index in [9.17, 15) is 14.4 Å². The lowest BCUT2D eigenvalue weighted by Gasteiger charge is -2.28. The summed E-state index contributed by atoms with van der Waals surface area (Å²) in [5, 5.41) is 3.75. The van der Waals surface area contributed by atoms with E-state index in [1.54, 1.807) is 42.5 Å². The van der Waals surface area contributed by atoms with Crippen LogP contribution in [0.4, 0.5) is 0 Å². The van der Waals surface area contributed by atoms with Crippen LogP contribution in [0.2, 0.25) is 10.0 Å². The Kier molecular flexibility index (Phi) is 9.78. The van der Waals surface area contributed by atoms with Gasteiger partial charge in [-0.2, -0.15) is 0 Å². The molecule has 1 amide bonds. The van der Waals surface area contributed by atoms with Crippen LogP contribution in [0.1, 0.15) is 66.2 Å². The highest BCUT2D eigenvalue weighted by Gasteiger charge is 2.28. The number of nitrogens with one attached hydrogen (secondary N) is 1. The highest BCUT2D eigenvalue weighted by molar-refractivity contribution is 6.32. The van der Waals surface area contributed by atoms with Crippen molar-refractivity contribution in [3.8, 4) is 5.75 Å². The molecule has 8 heteroatoms. The Morgan fingerprint density at radius 1 is 0.971 bits per heavy atom. The van der Waals surface area contributed by atoms with Crippen molar-refractivity contribution in [2.45, 2.75) is 51.6 Å². The van der Waals surface area contributed by atoms with Gasteiger partial charge in [0, 0.05) is 29.1 Å². The van der Waals surface area contributed by atoms with E-state index in [0.29, 0.717) is 46.5 Å². The molecule has 3 rings (SSSR count). The SMILES string of the molecule is CCOC(=O)C1CCC(Oc2ccc(C(=O)CCCNC(=O)c3ccc(Cl)cc3)cc2Cl)CC1. The molecule has 0 saturated heterocycles. The molecule has 0 spiro atoms. The second kappa shape index (κ2) is 12.8. The molecule has 1 saturated carbocycles. The number of ketones is 1. The molecule has 1 fully saturated rings. The first kappa shape index (κ1) is 26.0. The van der Waals surface area contributed by atoms with Crippen LogP contribution in [-0.2, 0) is 9.53 Å². The molecule has 1 N–H and O–H groups in total. The van der Waals surface area contributed by atoms with E-state index in [1.165, 1.54) is 0 Å². The van der Waals surface area contributed by atoms with Crippen LogP contribution in [0.25, 0.3) is 0 Å². The summed E-state index contributed by atoms with van der Waals surface area (Å²) in [5.74, 6) is 0.0831. The molecule has 1 aliphatic rings. The van der Waals surface area contributed by atoms with Crippen LogP contribution < -0.4 is 10.1 Å². The lowest BCUT2D eigenvalue weighted by atomic mass is 9.87. The van der Waals surface area contributed by atoms with Gasteiger partial charge in [-0.3, -0.25) is 14.4 Å². The Hall–Kier alpha value is -2.57. The molecule has 1 aliphatic carbocycles. The first-order valence-electron chi connectivity index (χ1n) is 11.6. The van der Waals surface area contributed by atoms with Gasteiger partial charge < -0.3 is 14.8 Å². The Labute approximate surface area is 209 Å². The Morgan fingerprint density at radius 2 is 1.65 bits per heavy atom. The van der Waals surface area contributed by atoms with Crippen LogP contribution >= 0.6 is 23.2 Å². The molecule has 182 valence electrons. The average Bonchev–Trinajstić information content (AvgIpc) is 2.84. The first-order chi connectivity index (χ1) is 16.4. The van der Waals surface area contributed by atoms with Crippen LogP contribution in [-0.4, -0.2) is 36.9 Å². The number of carbonyl (C=O) groups excluding carboxylic acids is 3.